The summed E-state index contributed by atoms with van der Waals surface area (Å²) in [5, 5.41) is 3.14. The highest BCUT2D eigenvalue weighted by Crippen LogP contribution is 2.31. The molecular weight excluding hydrogens is 232 g/mol. The Morgan fingerprint density at radius 3 is 2.82 bits per heavy atom. The molecule has 3 rings (SSSR count). The van der Waals surface area contributed by atoms with E-state index in [1.54, 1.807) is 17.6 Å². The molecule has 3 nitrogen and oxygen atoms in total. The van der Waals surface area contributed by atoms with Crippen LogP contribution in [0, 0.1) is 0 Å². The van der Waals surface area contributed by atoms with Gasteiger partial charge in [-0.2, -0.15) is 0 Å². The lowest BCUT2D eigenvalue weighted by atomic mass is 10.1. The monoisotopic (exact) mass is 244 g/mol. The summed E-state index contributed by atoms with van der Waals surface area (Å²) in [7, 11) is 0. The van der Waals surface area contributed by atoms with E-state index in [9.17, 15) is 0 Å². The fourth-order valence-corrected chi connectivity index (χ4v) is 2.81. The van der Waals surface area contributed by atoms with Gasteiger partial charge in [0.15, 0.2) is 0 Å². The molecule has 0 saturated carbocycles. The summed E-state index contributed by atoms with van der Waals surface area (Å²) in [6.45, 7) is 0. The number of benzene rings is 1. The number of fused-ring (bicyclic) bond motifs is 1. The Hall–Kier alpha value is -1.62. The lowest BCUT2D eigenvalue weighted by Crippen LogP contribution is -2.27. The second kappa shape index (κ2) is 4.33. The van der Waals surface area contributed by atoms with Crippen molar-refractivity contribution in [3.8, 4) is 0 Å². The predicted octanol–water partition coefficient (Wildman–Crippen LogP) is 3.05. The van der Waals surface area contributed by atoms with Gasteiger partial charge in [0.25, 0.3) is 0 Å². The summed E-state index contributed by atoms with van der Waals surface area (Å²) in [6.07, 6.45) is 1.77. The van der Waals surface area contributed by atoms with Crippen molar-refractivity contribution >= 4 is 22.3 Å². The van der Waals surface area contributed by atoms with Gasteiger partial charge in [-0.3, -0.25) is 5.84 Å². The van der Waals surface area contributed by atoms with E-state index in [0.29, 0.717) is 0 Å². The molecule has 1 unspecified atom stereocenters. The lowest BCUT2D eigenvalue weighted by molar-refractivity contribution is 0.589. The maximum Gasteiger partial charge on any atom is 0.134 e. The minimum Gasteiger partial charge on any atom is -0.464 e. The van der Waals surface area contributed by atoms with Crippen molar-refractivity contribution in [1.29, 1.82) is 0 Å². The minimum absolute atomic E-state index is 0.0151. The quantitative estimate of drug-likeness (QED) is 0.550. The highest BCUT2D eigenvalue weighted by Gasteiger charge is 2.18. The zero-order valence-electron chi connectivity index (χ0n) is 9.09. The number of hydrazine groups is 1. The molecule has 0 bridgehead atoms. The molecule has 0 aliphatic carbocycles. The van der Waals surface area contributed by atoms with E-state index in [1.807, 2.05) is 35.7 Å². The molecular formula is C13H12N2OS. The maximum absolute atomic E-state index is 5.66. The normalized spacial score (nSPS) is 13.0. The molecule has 0 spiro atoms. The number of hydrogen-bond acceptors (Lipinski definition) is 4. The maximum atomic E-state index is 5.66. The summed E-state index contributed by atoms with van der Waals surface area (Å²) in [4.78, 5) is 1.18. The van der Waals surface area contributed by atoms with Gasteiger partial charge in [-0.1, -0.05) is 24.3 Å². The van der Waals surface area contributed by atoms with E-state index in [2.05, 4.69) is 11.5 Å². The fourth-order valence-electron chi connectivity index (χ4n) is 2.00. The van der Waals surface area contributed by atoms with Crippen LogP contribution in [0.4, 0.5) is 0 Å². The second-order valence-corrected chi connectivity index (χ2v) is 4.78. The van der Waals surface area contributed by atoms with Crippen LogP contribution in [0.15, 0.2) is 52.5 Å². The highest BCUT2D eigenvalue weighted by molar-refractivity contribution is 7.10. The topological polar surface area (TPSA) is 51.2 Å². The van der Waals surface area contributed by atoms with Gasteiger partial charge in [0, 0.05) is 15.8 Å². The molecule has 2 heterocycles. The summed E-state index contributed by atoms with van der Waals surface area (Å²) in [6, 6.07) is 12.0. The molecule has 0 aliphatic heterocycles. The number of thiophene rings is 1. The predicted molar refractivity (Wildman–Crippen MR) is 69.7 cm³/mol. The zero-order chi connectivity index (χ0) is 11.7. The molecule has 0 aliphatic rings. The second-order valence-electron chi connectivity index (χ2n) is 3.80. The Labute approximate surface area is 103 Å². The standard InChI is InChI=1S/C13H12N2OS/c14-15-13(12-6-3-7-17-12)10-8-16-11-5-2-1-4-9(10)11/h1-8,13,15H,14H2. The van der Waals surface area contributed by atoms with E-state index in [0.717, 1.165) is 16.5 Å². The summed E-state index contributed by atoms with van der Waals surface area (Å²) >= 11 is 1.68. The van der Waals surface area contributed by atoms with Gasteiger partial charge in [-0.25, -0.2) is 5.43 Å². The van der Waals surface area contributed by atoms with Crippen LogP contribution in [0.3, 0.4) is 0 Å². The van der Waals surface area contributed by atoms with Gasteiger partial charge >= 0.3 is 0 Å². The molecule has 0 radical (unpaired) electrons. The molecule has 0 fully saturated rings. The van der Waals surface area contributed by atoms with Gasteiger partial charge in [-0.05, 0) is 17.5 Å². The van der Waals surface area contributed by atoms with Gasteiger partial charge in [0.2, 0.25) is 0 Å². The smallest absolute Gasteiger partial charge is 0.134 e. The van der Waals surface area contributed by atoms with Crippen LogP contribution in [-0.4, -0.2) is 0 Å². The minimum atomic E-state index is -0.0151. The van der Waals surface area contributed by atoms with E-state index < -0.39 is 0 Å². The van der Waals surface area contributed by atoms with E-state index in [-0.39, 0.29) is 6.04 Å². The largest absolute Gasteiger partial charge is 0.464 e. The van der Waals surface area contributed by atoms with Crippen LogP contribution in [0.2, 0.25) is 0 Å². The zero-order valence-corrected chi connectivity index (χ0v) is 9.91. The van der Waals surface area contributed by atoms with Crippen molar-refractivity contribution < 1.29 is 4.42 Å². The van der Waals surface area contributed by atoms with Gasteiger partial charge in [0.05, 0.1) is 12.3 Å². The number of hydrogen-bond donors (Lipinski definition) is 2. The first kappa shape index (κ1) is 10.5. The van der Waals surface area contributed by atoms with Crippen molar-refractivity contribution in [2.24, 2.45) is 5.84 Å². The van der Waals surface area contributed by atoms with Crippen molar-refractivity contribution in [3.63, 3.8) is 0 Å². The Morgan fingerprint density at radius 1 is 1.18 bits per heavy atom. The van der Waals surface area contributed by atoms with Crippen molar-refractivity contribution in [2.45, 2.75) is 6.04 Å². The highest BCUT2D eigenvalue weighted by atomic mass is 32.1. The number of furan rings is 1. The summed E-state index contributed by atoms with van der Waals surface area (Å²) < 4.78 is 5.54. The van der Waals surface area contributed by atoms with E-state index in [4.69, 9.17) is 10.3 Å². The third-order valence-electron chi connectivity index (χ3n) is 2.82. The van der Waals surface area contributed by atoms with Crippen molar-refractivity contribution in [3.05, 3.63) is 58.5 Å². The Kier molecular flexibility index (Phi) is 2.68. The number of para-hydroxylation sites is 1. The molecule has 17 heavy (non-hydrogen) atoms. The number of nitrogens with two attached hydrogens (primary N) is 1. The summed E-state index contributed by atoms with van der Waals surface area (Å²) in [5.74, 6) is 5.66. The van der Waals surface area contributed by atoms with Gasteiger partial charge in [0.1, 0.15) is 5.58 Å². The molecule has 0 saturated heterocycles. The van der Waals surface area contributed by atoms with Crippen LogP contribution in [0.25, 0.3) is 11.0 Å². The molecule has 1 atom stereocenters. The average Bonchev–Trinajstić information content (AvgIpc) is 3.01. The van der Waals surface area contributed by atoms with Crippen LogP contribution < -0.4 is 11.3 Å². The molecule has 86 valence electrons. The first-order chi connectivity index (χ1) is 8.40. The third kappa shape index (κ3) is 1.76. The lowest BCUT2D eigenvalue weighted by Gasteiger charge is -2.12. The average molecular weight is 244 g/mol. The Balaban J connectivity index is 2.13. The van der Waals surface area contributed by atoms with Gasteiger partial charge in [-0.15, -0.1) is 11.3 Å². The van der Waals surface area contributed by atoms with Crippen LogP contribution in [0.1, 0.15) is 16.5 Å². The third-order valence-corrected chi connectivity index (χ3v) is 3.75. The Bertz CT molecular complexity index is 615. The Morgan fingerprint density at radius 2 is 2.06 bits per heavy atom. The molecule has 2 aromatic heterocycles. The van der Waals surface area contributed by atoms with E-state index in [1.165, 1.54) is 4.88 Å². The number of rotatable bonds is 3. The molecule has 3 N–H and O–H groups in total. The van der Waals surface area contributed by atoms with Crippen LogP contribution in [-0.2, 0) is 0 Å². The van der Waals surface area contributed by atoms with Crippen molar-refractivity contribution in [1.82, 2.24) is 5.43 Å². The molecule has 4 heteroatoms. The summed E-state index contributed by atoms with van der Waals surface area (Å²) in [5.41, 5.74) is 4.81. The van der Waals surface area contributed by atoms with Crippen molar-refractivity contribution in [2.75, 3.05) is 0 Å². The SMILES string of the molecule is NNC(c1cccs1)c1coc2ccccc12. The molecule has 0 amide bonds. The fraction of sp³-hybridized carbons (Fsp3) is 0.0769. The molecule has 1 aromatic carbocycles. The van der Waals surface area contributed by atoms with Gasteiger partial charge < -0.3 is 4.42 Å². The van der Waals surface area contributed by atoms with E-state index >= 15 is 0 Å². The first-order valence-electron chi connectivity index (χ1n) is 5.36. The van der Waals surface area contributed by atoms with Crippen LogP contribution in [0.5, 0.6) is 0 Å². The first-order valence-corrected chi connectivity index (χ1v) is 6.24. The molecule has 3 aromatic rings. The van der Waals surface area contributed by atoms with Crippen LogP contribution >= 0.6 is 11.3 Å². The number of nitrogens with one attached hydrogen (secondary N) is 1.